The Labute approximate surface area is 127 Å². The monoisotopic (exact) mass is 333 g/mol. The molecule has 1 aliphatic rings. The van der Waals surface area contributed by atoms with Crippen LogP contribution in [-0.4, -0.2) is 34.6 Å². The summed E-state index contributed by atoms with van der Waals surface area (Å²) in [6.07, 6.45) is 1.28. The summed E-state index contributed by atoms with van der Waals surface area (Å²) in [6, 6.07) is 4.07. The molecule has 1 heterocycles. The standard InChI is InChI=1S/C13H16ClNO5S/c1-19-12-3-2-10(21(14,17)18)8-11(12)15-13(16)9-4-6-20-7-5-9/h2-3,8-9H,4-7H2,1H3,(H,15,16). The second-order valence-electron chi connectivity index (χ2n) is 4.68. The maximum atomic E-state index is 12.2. The van der Waals surface area contributed by atoms with Gasteiger partial charge in [0, 0.05) is 29.8 Å². The van der Waals surface area contributed by atoms with Gasteiger partial charge in [0.1, 0.15) is 5.75 Å². The van der Waals surface area contributed by atoms with Crippen LogP contribution in [0, 0.1) is 5.92 Å². The van der Waals surface area contributed by atoms with E-state index >= 15 is 0 Å². The summed E-state index contributed by atoms with van der Waals surface area (Å²) in [5.74, 6) is 0.0416. The molecule has 0 bridgehead atoms. The van der Waals surface area contributed by atoms with Gasteiger partial charge in [-0.2, -0.15) is 0 Å². The summed E-state index contributed by atoms with van der Waals surface area (Å²) < 4.78 is 33.1. The van der Waals surface area contributed by atoms with Gasteiger partial charge in [-0.1, -0.05) is 0 Å². The second-order valence-corrected chi connectivity index (χ2v) is 7.24. The normalized spacial score (nSPS) is 16.5. The lowest BCUT2D eigenvalue weighted by molar-refractivity contribution is -0.122. The topological polar surface area (TPSA) is 81.7 Å². The quantitative estimate of drug-likeness (QED) is 0.852. The van der Waals surface area contributed by atoms with E-state index in [0.717, 1.165) is 0 Å². The van der Waals surface area contributed by atoms with Crippen LogP contribution in [0.5, 0.6) is 5.75 Å². The Balaban J connectivity index is 2.22. The van der Waals surface area contributed by atoms with Crippen LogP contribution in [0.4, 0.5) is 5.69 Å². The predicted molar refractivity (Wildman–Crippen MR) is 78.2 cm³/mol. The number of rotatable bonds is 4. The number of methoxy groups -OCH3 is 1. The van der Waals surface area contributed by atoms with Crippen molar-refractivity contribution in [3.05, 3.63) is 18.2 Å². The van der Waals surface area contributed by atoms with E-state index in [4.69, 9.17) is 20.2 Å². The fourth-order valence-electron chi connectivity index (χ4n) is 2.13. The van der Waals surface area contributed by atoms with Crippen LogP contribution < -0.4 is 10.1 Å². The maximum absolute atomic E-state index is 12.2. The van der Waals surface area contributed by atoms with Crippen LogP contribution in [0.2, 0.25) is 0 Å². The molecular weight excluding hydrogens is 318 g/mol. The van der Waals surface area contributed by atoms with Crippen molar-refractivity contribution in [3.8, 4) is 5.75 Å². The number of hydrogen-bond donors (Lipinski definition) is 1. The summed E-state index contributed by atoms with van der Waals surface area (Å²) in [6.45, 7) is 1.09. The highest BCUT2D eigenvalue weighted by Crippen LogP contribution is 2.30. The molecule has 2 rings (SSSR count). The first-order valence-electron chi connectivity index (χ1n) is 6.43. The molecule has 1 fully saturated rings. The lowest BCUT2D eigenvalue weighted by Gasteiger charge is -2.21. The van der Waals surface area contributed by atoms with Crippen molar-refractivity contribution in [3.63, 3.8) is 0 Å². The van der Waals surface area contributed by atoms with E-state index in [-0.39, 0.29) is 22.4 Å². The zero-order valence-corrected chi connectivity index (χ0v) is 13.0. The number of amides is 1. The molecule has 116 valence electrons. The largest absolute Gasteiger partial charge is 0.495 e. The molecule has 1 saturated heterocycles. The zero-order valence-electron chi connectivity index (χ0n) is 11.5. The lowest BCUT2D eigenvalue weighted by atomic mass is 9.99. The fraction of sp³-hybridized carbons (Fsp3) is 0.462. The van der Waals surface area contributed by atoms with E-state index in [9.17, 15) is 13.2 Å². The first kappa shape index (κ1) is 16.1. The third-order valence-corrected chi connectivity index (χ3v) is 4.65. The summed E-state index contributed by atoms with van der Waals surface area (Å²) in [7, 11) is 2.89. The average Bonchev–Trinajstić information content (AvgIpc) is 2.47. The van der Waals surface area contributed by atoms with Gasteiger partial charge in [0.05, 0.1) is 17.7 Å². The van der Waals surface area contributed by atoms with Crippen molar-refractivity contribution in [1.82, 2.24) is 0 Å². The Morgan fingerprint density at radius 2 is 2.05 bits per heavy atom. The number of hydrogen-bond acceptors (Lipinski definition) is 5. The molecule has 0 unspecified atom stereocenters. The Bertz CT molecular complexity index is 625. The maximum Gasteiger partial charge on any atom is 0.261 e. The summed E-state index contributed by atoms with van der Waals surface area (Å²) in [5, 5.41) is 2.70. The van der Waals surface area contributed by atoms with Gasteiger partial charge in [-0.05, 0) is 31.0 Å². The fourth-order valence-corrected chi connectivity index (χ4v) is 2.91. The number of benzene rings is 1. The third-order valence-electron chi connectivity index (χ3n) is 3.30. The highest BCUT2D eigenvalue weighted by molar-refractivity contribution is 8.13. The summed E-state index contributed by atoms with van der Waals surface area (Å²) in [4.78, 5) is 12.1. The molecule has 8 heteroatoms. The molecule has 0 aromatic heterocycles. The van der Waals surface area contributed by atoms with E-state index in [2.05, 4.69) is 5.32 Å². The van der Waals surface area contributed by atoms with Gasteiger partial charge in [0.2, 0.25) is 5.91 Å². The minimum atomic E-state index is -3.87. The van der Waals surface area contributed by atoms with E-state index in [1.807, 2.05) is 0 Å². The summed E-state index contributed by atoms with van der Waals surface area (Å²) >= 11 is 0. The minimum Gasteiger partial charge on any atom is -0.495 e. The Kier molecular flexibility index (Phi) is 5.08. The van der Waals surface area contributed by atoms with Gasteiger partial charge < -0.3 is 14.8 Å². The number of nitrogens with one attached hydrogen (secondary N) is 1. The van der Waals surface area contributed by atoms with Crippen LogP contribution in [0.3, 0.4) is 0 Å². The molecule has 0 atom stereocenters. The van der Waals surface area contributed by atoms with Gasteiger partial charge in [0.15, 0.2) is 0 Å². The average molecular weight is 334 g/mol. The predicted octanol–water partition coefficient (Wildman–Crippen LogP) is 1.99. The minimum absolute atomic E-state index is 0.0905. The highest BCUT2D eigenvalue weighted by Gasteiger charge is 2.23. The Morgan fingerprint density at radius 3 is 2.62 bits per heavy atom. The smallest absolute Gasteiger partial charge is 0.261 e. The van der Waals surface area contributed by atoms with Crippen LogP contribution in [0.15, 0.2) is 23.1 Å². The SMILES string of the molecule is COc1ccc(S(=O)(=O)Cl)cc1NC(=O)C1CCOCC1. The van der Waals surface area contributed by atoms with Crippen LogP contribution in [-0.2, 0) is 18.6 Å². The number of ether oxygens (including phenoxy) is 2. The molecule has 1 aliphatic heterocycles. The van der Waals surface area contributed by atoms with Crippen LogP contribution in [0.1, 0.15) is 12.8 Å². The Hall–Kier alpha value is -1.31. The first-order valence-corrected chi connectivity index (χ1v) is 8.74. The van der Waals surface area contributed by atoms with Crippen molar-refractivity contribution >= 4 is 31.3 Å². The van der Waals surface area contributed by atoms with Gasteiger partial charge >= 0.3 is 0 Å². The lowest BCUT2D eigenvalue weighted by Crippen LogP contribution is -2.28. The molecule has 0 spiro atoms. The van der Waals surface area contributed by atoms with Crippen molar-refractivity contribution in [2.45, 2.75) is 17.7 Å². The van der Waals surface area contributed by atoms with E-state index in [1.165, 1.54) is 25.3 Å². The number of carbonyl (C=O) groups excluding carboxylic acids is 1. The molecule has 21 heavy (non-hydrogen) atoms. The second kappa shape index (κ2) is 6.64. The molecule has 0 aliphatic carbocycles. The van der Waals surface area contributed by atoms with Crippen LogP contribution in [0.25, 0.3) is 0 Å². The van der Waals surface area contributed by atoms with E-state index < -0.39 is 9.05 Å². The molecular formula is C13H16ClNO5S. The molecule has 0 saturated carbocycles. The molecule has 6 nitrogen and oxygen atoms in total. The number of carbonyl (C=O) groups is 1. The molecule has 1 amide bonds. The number of halogens is 1. The van der Waals surface area contributed by atoms with Gasteiger partial charge in [0.25, 0.3) is 9.05 Å². The molecule has 1 N–H and O–H groups in total. The van der Waals surface area contributed by atoms with E-state index in [0.29, 0.717) is 31.8 Å². The first-order chi connectivity index (χ1) is 9.91. The van der Waals surface area contributed by atoms with Gasteiger partial charge in [-0.15, -0.1) is 0 Å². The highest BCUT2D eigenvalue weighted by atomic mass is 35.7. The molecule has 0 radical (unpaired) electrons. The Morgan fingerprint density at radius 1 is 1.38 bits per heavy atom. The van der Waals surface area contributed by atoms with Crippen molar-refractivity contribution < 1.29 is 22.7 Å². The number of anilines is 1. The third kappa shape index (κ3) is 4.09. The molecule has 1 aromatic carbocycles. The van der Waals surface area contributed by atoms with Crippen molar-refractivity contribution in [1.29, 1.82) is 0 Å². The summed E-state index contributed by atoms with van der Waals surface area (Å²) in [5.41, 5.74) is 0.288. The zero-order chi connectivity index (χ0) is 15.5. The van der Waals surface area contributed by atoms with Gasteiger partial charge in [-0.3, -0.25) is 4.79 Å². The van der Waals surface area contributed by atoms with Crippen molar-refractivity contribution in [2.75, 3.05) is 25.6 Å². The van der Waals surface area contributed by atoms with E-state index in [1.54, 1.807) is 0 Å². The van der Waals surface area contributed by atoms with Crippen molar-refractivity contribution in [2.24, 2.45) is 5.92 Å². The van der Waals surface area contributed by atoms with Gasteiger partial charge in [-0.25, -0.2) is 8.42 Å². The molecule has 1 aromatic rings. The van der Waals surface area contributed by atoms with Crippen LogP contribution >= 0.6 is 10.7 Å².